The van der Waals surface area contributed by atoms with Gasteiger partial charge in [0.2, 0.25) is 0 Å². The number of hydrogen-bond acceptors (Lipinski definition) is 2. The highest BCUT2D eigenvalue weighted by molar-refractivity contribution is 14.1. The molecule has 2 N–H and O–H groups in total. The largest absolute Gasteiger partial charge is 0.507 e. The van der Waals surface area contributed by atoms with Crippen molar-refractivity contribution in [3.05, 3.63) is 27.3 Å². The Bertz CT molecular complexity index is 509. The monoisotopic (exact) mass is 451 g/mol. The van der Waals surface area contributed by atoms with Crippen molar-refractivity contribution in [2.45, 2.75) is 38.1 Å². The van der Waals surface area contributed by atoms with Crippen molar-refractivity contribution in [3.63, 3.8) is 0 Å². The fourth-order valence-electron chi connectivity index (χ4n) is 2.90. The molecule has 1 amide bonds. The summed E-state index contributed by atoms with van der Waals surface area (Å²) in [6.45, 7) is 2.24. The van der Waals surface area contributed by atoms with Crippen molar-refractivity contribution in [1.29, 1.82) is 0 Å². The Morgan fingerprint density at radius 2 is 2.35 bits per heavy atom. The summed E-state index contributed by atoms with van der Waals surface area (Å²) in [5.41, 5.74) is 0.356. The van der Waals surface area contributed by atoms with Gasteiger partial charge in [0.05, 0.1) is 9.11 Å². The molecule has 110 valence electrons. The van der Waals surface area contributed by atoms with Crippen LogP contribution in [0, 0.1) is 9.49 Å². The predicted octanol–water partition coefficient (Wildman–Crippen LogP) is 4.07. The van der Waals surface area contributed by atoms with Crippen LogP contribution < -0.4 is 5.32 Å². The SMILES string of the molecule is CC1CCCC(CBr)(NC(=O)c2ccc(I)c(O)c2)C1. The highest BCUT2D eigenvalue weighted by Crippen LogP contribution is 2.34. The lowest BCUT2D eigenvalue weighted by Crippen LogP contribution is -2.52. The number of alkyl halides is 1. The van der Waals surface area contributed by atoms with Crippen LogP contribution in [0.15, 0.2) is 18.2 Å². The van der Waals surface area contributed by atoms with Crippen molar-refractivity contribution in [2.24, 2.45) is 5.92 Å². The first-order valence-electron chi connectivity index (χ1n) is 6.83. The first-order chi connectivity index (χ1) is 9.46. The molecule has 20 heavy (non-hydrogen) atoms. The molecule has 1 aliphatic carbocycles. The van der Waals surface area contributed by atoms with E-state index < -0.39 is 0 Å². The van der Waals surface area contributed by atoms with E-state index in [1.54, 1.807) is 12.1 Å². The molecule has 0 bridgehead atoms. The normalized spacial score (nSPS) is 26.2. The topological polar surface area (TPSA) is 49.3 Å². The molecule has 0 spiro atoms. The van der Waals surface area contributed by atoms with Crippen molar-refractivity contribution < 1.29 is 9.90 Å². The molecule has 3 nitrogen and oxygen atoms in total. The molecule has 0 aliphatic heterocycles. The Labute approximate surface area is 141 Å². The van der Waals surface area contributed by atoms with Gasteiger partial charge in [0.1, 0.15) is 5.75 Å². The summed E-state index contributed by atoms with van der Waals surface area (Å²) in [7, 11) is 0. The second kappa shape index (κ2) is 6.64. The average molecular weight is 452 g/mol. The zero-order chi connectivity index (χ0) is 14.8. The van der Waals surface area contributed by atoms with Gasteiger partial charge in [0.15, 0.2) is 0 Å². The summed E-state index contributed by atoms with van der Waals surface area (Å²) in [5.74, 6) is 0.681. The second-order valence-corrected chi connectivity index (χ2v) is 7.46. The molecule has 5 heteroatoms. The standard InChI is InChI=1S/C15H19BrINO2/c1-10-3-2-6-15(8-10,9-16)18-14(20)11-4-5-12(17)13(19)7-11/h4-5,7,10,19H,2-3,6,8-9H2,1H3,(H,18,20). The Kier molecular flexibility index (Phi) is 5.34. The number of aromatic hydroxyl groups is 1. The summed E-state index contributed by atoms with van der Waals surface area (Å²) in [4.78, 5) is 12.4. The number of rotatable bonds is 3. The van der Waals surface area contributed by atoms with Crippen LogP contribution in [0.1, 0.15) is 43.0 Å². The van der Waals surface area contributed by atoms with Gasteiger partial charge in [-0.15, -0.1) is 0 Å². The van der Waals surface area contributed by atoms with E-state index in [4.69, 9.17) is 0 Å². The highest BCUT2D eigenvalue weighted by atomic mass is 127. The minimum absolute atomic E-state index is 0.106. The molecular formula is C15H19BrINO2. The molecular weight excluding hydrogens is 433 g/mol. The van der Waals surface area contributed by atoms with Crippen LogP contribution >= 0.6 is 38.5 Å². The van der Waals surface area contributed by atoms with Crippen LogP contribution in [0.2, 0.25) is 0 Å². The molecule has 0 radical (unpaired) electrons. The van der Waals surface area contributed by atoms with Gasteiger partial charge in [-0.1, -0.05) is 35.7 Å². The van der Waals surface area contributed by atoms with Crippen molar-refractivity contribution in [3.8, 4) is 5.75 Å². The second-order valence-electron chi connectivity index (χ2n) is 5.74. The number of hydrogen-bond donors (Lipinski definition) is 2. The predicted molar refractivity (Wildman–Crippen MR) is 92.4 cm³/mol. The molecule has 2 rings (SSSR count). The lowest BCUT2D eigenvalue weighted by molar-refractivity contribution is 0.0869. The zero-order valence-corrected chi connectivity index (χ0v) is 15.2. The number of halogens is 2. The molecule has 1 aromatic rings. The molecule has 1 saturated carbocycles. The number of nitrogens with one attached hydrogen (secondary N) is 1. The maximum absolute atomic E-state index is 12.4. The maximum atomic E-state index is 12.4. The molecule has 0 saturated heterocycles. The number of carbonyl (C=O) groups excluding carboxylic acids is 1. The summed E-state index contributed by atoms with van der Waals surface area (Å²) >= 11 is 5.60. The summed E-state index contributed by atoms with van der Waals surface area (Å²) in [6.07, 6.45) is 4.38. The number of benzene rings is 1. The van der Waals surface area contributed by atoms with Gasteiger partial charge < -0.3 is 10.4 Å². The number of carbonyl (C=O) groups is 1. The quantitative estimate of drug-likeness (QED) is 0.537. The van der Waals surface area contributed by atoms with Crippen LogP contribution in [0.4, 0.5) is 0 Å². The number of phenols is 1. The van der Waals surface area contributed by atoms with E-state index in [0.717, 1.165) is 28.2 Å². The van der Waals surface area contributed by atoms with E-state index in [1.165, 1.54) is 12.5 Å². The molecule has 2 atom stereocenters. The molecule has 2 unspecified atom stereocenters. The van der Waals surface area contributed by atoms with Gasteiger partial charge in [-0.2, -0.15) is 0 Å². The third kappa shape index (κ3) is 3.67. The number of phenolic OH excluding ortho intramolecular Hbond substituents is 1. The van der Waals surface area contributed by atoms with Gasteiger partial charge in [0.25, 0.3) is 5.91 Å². The maximum Gasteiger partial charge on any atom is 0.251 e. The van der Waals surface area contributed by atoms with E-state index in [0.29, 0.717) is 11.5 Å². The van der Waals surface area contributed by atoms with E-state index in [-0.39, 0.29) is 17.2 Å². The molecule has 1 fully saturated rings. The fourth-order valence-corrected chi connectivity index (χ4v) is 3.88. The van der Waals surface area contributed by atoms with Crippen molar-refractivity contribution >= 4 is 44.4 Å². The van der Waals surface area contributed by atoms with E-state index in [2.05, 4.69) is 28.2 Å². The molecule has 1 aliphatic rings. The van der Waals surface area contributed by atoms with Crippen LogP contribution in [0.3, 0.4) is 0 Å². The van der Waals surface area contributed by atoms with Gasteiger partial charge in [-0.3, -0.25) is 4.79 Å². The Morgan fingerprint density at radius 1 is 1.60 bits per heavy atom. The van der Waals surface area contributed by atoms with E-state index in [9.17, 15) is 9.90 Å². The average Bonchev–Trinajstić information content (AvgIpc) is 2.41. The lowest BCUT2D eigenvalue weighted by Gasteiger charge is -2.39. The van der Waals surface area contributed by atoms with Gasteiger partial charge in [-0.05, 0) is 59.5 Å². The van der Waals surface area contributed by atoms with Crippen LogP contribution in [0.5, 0.6) is 5.75 Å². The first kappa shape index (κ1) is 16.1. The van der Waals surface area contributed by atoms with Gasteiger partial charge in [0, 0.05) is 10.9 Å². The smallest absolute Gasteiger partial charge is 0.251 e. The Morgan fingerprint density at radius 3 is 2.95 bits per heavy atom. The van der Waals surface area contributed by atoms with Crippen molar-refractivity contribution in [1.82, 2.24) is 5.32 Å². The third-order valence-electron chi connectivity index (χ3n) is 3.93. The van der Waals surface area contributed by atoms with Crippen LogP contribution in [-0.4, -0.2) is 21.9 Å². The minimum atomic E-state index is -0.159. The molecule has 1 aromatic carbocycles. The van der Waals surface area contributed by atoms with E-state index >= 15 is 0 Å². The van der Waals surface area contributed by atoms with Crippen LogP contribution in [0.25, 0.3) is 0 Å². The van der Waals surface area contributed by atoms with Gasteiger partial charge in [-0.25, -0.2) is 0 Å². The summed E-state index contributed by atoms with van der Waals surface area (Å²) in [6, 6.07) is 5.05. The summed E-state index contributed by atoms with van der Waals surface area (Å²) in [5, 5.41) is 13.7. The Hall–Kier alpha value is -0.300. The molecule has 0 aromatic heterocycles. The lowest BCUT2D eigenvalue weighted by atomic mass is 9.77. The Balaban J connectivity index is 2.14. The highest BCUT2D eigenvalue weighted by Gasteiger charge is 2.35. The van der Waals surface area contributed by atoms with E-state index in [1.807, 2.05) is 22.6 Å². The van der Waals surface area contributed by atoms with Crippen molar-refractivity contribution in [2.75, 3.05) is 5.33 Å². The van der Waals surface area contributed by atoms with Crippen LogP contribution in [-0.2, 0) is 0 Å². The third-order valence-corrected chi connectivity index (χ3v) is 5.92. The van der Waals surface area contributed by atoms with Gasteiger partial charge >= 0.3 is 0 Å². The zero-order valence-electron chi connectivity index (χ0n) is 11.5. The minimum Gasteiger partial charge on any atom is -0.507 e. The number of amides is 1. The first-order valence-corrected chi connectivity index (χ1v) is 9.03. The fraction of sp³-hybridized carbons (Fsp3) is 0.533. The summed E-state index contributed by atoms with van der Waals surface area (Å²) < 4.78 is 0.751. The molecule has 0 heterocycles.